The SMILES string of the molecule is CC(C)(C)c1ccc(C2c3sc(=O)n(CC(=O)N4CCOCC4)c3SC3C4CCC(C4)C23)cc1. The molecule has 0 spiro atoms. The van der Waals surface area contributed by atoms with Crippen molar-refractivity contribution in [1.82, 2.24) is 9.47 Å². The van der Waals surface area contributed by atoms with Gasteiger partial charge >= 0.3 is 4.87 Å². The molecule has 5 nitrogen and oxygen atoms in total. The summed E-state index contributed by atoms with van der Waals surface area (Å²) in [6.45, 7) is 9.29. The van der Waals surface area contributed by atoms with Crippen molar-refractivity contribution in [3.8, 4) is 0 Å². The van der Waals surface area contributed by atoms with Gasteiger partial charge in [-0.2, -0.15) is 0 Å². The third-order valence-corrected chi connectivity index (χ3v) is 11.3. The van der Waals surface area contributed by atoms with Crippen molar-refractivity contribution < 1.29 is 9.53 Å². The van der Waals surface area contributed by atoms with Crippen molar-refractivity contribution in [2.45, 2.75) is 68.2 Å². The maximum Gasteiger partial charge on any atom is 0.308 e. The number of nitrogens with zero attached hydrogens (tertiary/aromatic N) is 2. The first-order valence-electron chi connectivity index (χ1n) is 12.7. The Bertz CT molecular complexity index is 1140. The second-order valence-corrected chi connectivity index (χ2v) is 13.6. The lowest BCUT2D eigenvalue weighted by Gasteiger charge is -2.40. The zero-order valence-electron chi connectivity index (χ0n) is 20.3. The molecule has 5 unspecified atom stereocenters. The number of rotatable bonds is 3. The van der Waals surface area contributed by atoms with E-state index < -0.39 is 0 Å². The predicted molar refractivity (Wildman–Crippen MR) is 137 cm³/mol. The maximum atomic E-state index is 13.3. The van der Waals surface area contributed by atoms with Gasteiger partial charge in [0, 0.05) is 29.1 Å². The van der Waals surface area contributed by atoms with Crippen molar-refractivity contribution >= 4 is 29.0 Å². The van der Waals surface area contributed by atoms with Gasteiger partial charge in [0.25, 0.3) is 0 Å². The molecule has 2 aliphatic heterocycles. The fraction of sp³-hybridized carbons (Fsp3) is 0.630. The summed E-state index contributed by atoms with van der Waals surface area (Å²) in [7, 11) is 0. The Labute approximate surface area is 209 Å². The van der Waals surface area contributed by atoms with Gasteiger partial charge in [-0.05, 0) is 53.6 Å². The zero-order valence-corrected chi connectivity index (χ0v) is 21.9. The van der Waals surface area contributed by atoms with Crippen LogP contribution in [0.2, 0.25) is 0 Å². The Hall–Kier alpha value is -1.57. The molecule has 2 aliphatic carbocycles. The highest BCUT2D eigenvalue weighted by atomic mass is 32.2. The Kier molecular flexibility index (Phi) is 5.73. The second kappa shape index (κ2) is 8.52. The zero-order chi connectivity index (χ0) is 23.6. The van der Waals surface area contributed by atoms with E-state index in [0.717, 1.165) is 16.9 Å². The topological polar surface area (TPSA) is 51.5 Å². The fourth-order valence-electron chi connectivity index (χ4n) is 6.70. The van der Waals surface area contributed by atoms with Crippen molar-refractivity contribution in [3.63, 3.8) is 0 Å². The van der Waals surface area contributed by atoms with Crippen LogP contribution in [0.15, 0.2) is 34.1 Å². The smallest absolute Gasteiger partial charge is 0.308 e. The molecule has 1 amide bonds. The first-order chi connectivity index (χ1) is 16.3. The van der Waals surface area contributed by atoms with Gasteiger partial charge in [0.2, 0.25) is 5.91 Å². The van der Waals surface area contributed by atoms with Crippen molar-refractivity contribution in [3.05, 3.63) is 49.9 Å². The predicted octanol–water partition coefficient (Wildman–Crippen LogP) is 4.72. The number of hydrogen-bond donors (Lipinski definition) is 0. The summed E-state index contributed by atoms with van der Waals surface area (Å²) in [6, 6.07) is 9.17. The van der Waals surface area contributed by atoms with Crippen LogP contribution in [-0.2, 0) is 21.5 Å². The molecule has 4 aliphatic rings. The number of morpholine rings is 1. The second-order valence-electron chi connectivity index (χ2n) is 11.5. The Morgan fingerprint density at radius 2 is 1.79 bits per heavy atom. The van der Waals surface area contributed by atoms with Gasteiger partial charge < -0.3 is 9.64 Å². The summed E-state index contributed by atoms with van der Waals surface area (Å²) >= 11 is 3.30. The molecular weight excluding hydrogens is 464 g/mol. The lowest BCUT2D eigenvalue weighted by molar-refractivity contribution is -0.136. The standard InChI is InChI=1S/C27H34N2O3S2/c1-27(2,3)19-8-6-16(7-9-19)21-22-17-4-5-18(14-17)23(22)33-25-24(21)34-26(31)29(25)15-20(30)28-10-12-32-13-11-28/h6-9,17-18,21-23H,4-5,10-15H2,1-3H3. The number of thioether (sulfide) groups is 1. The highest BCUT2D eigenvalue weighted by molar-refractivity contribution is 8.00. The van der Waals surface area contributed by atoms with Gasteiger partial charge in [0.15, 0.2) is 0 Å². The monoisotopic (exact) mass is 498 g/mol. The molecule has 3 heterocycles. The minimum atomic E-state index is 0.0164. The van der Waals surface area contributed by atoms with Crippen molar-refractivity contribution in [2.24, 2.45) is 17.8 Å². The quantitative estimate of drug-likeness (QED) is 0.615. The van der Waals surface area contributed by atoms with Crippen LogP contribution in [-0.4, -0.2) is 46.9 Å². The number of thiazole rings is 1. The molecule has 5 atom stereocenters. The molecule has 2 saturated carbocycles. The van der Waals surface area contributed by atoms with Gasteiger partial charge in [-0.3, -0.25) is 14.2 Å². The molecule has 7 heteroatoms. The summed E-state index contributed by atoms with van der Waals surface area (Å²) in [5.74, 6) is 2.39. The van der Waals surface area contributed by atoms with Crippen LogP contribution in [0.1, 0.15) is 62.0 Å². The summed E-state index contributed by atoms with van der Waals surface area (Å²) in [6.07, 6.45) is 3.96. The molecule has 1 aromatic heterocycles. The molecule has 1 aromatic carbocycles. The van der Waals surface area contributed by atoms with Crippen LogP contribution in [0.25, 0.3) is 0 Å². The third kappa shape index (κ3) is 3.79. The molecule has 0 N–H and O–H groups in total. The third-order valence-electron chi connectivity index (χ3n) is 8.48. The minimum Gasteiger partial charge on any atom is -0.378 e. The number of ether oxygens (including phenoxy) is 1. The minimum absolute atomic E-state index is 0.0164. The van der Waals surface area contributed by atoms with Gasteiger partial charge in [-0.15, -0.1) is 11.8 Å². The van der Waals surface area contributed by atoms with E-state index in [1.54, 1.807) is 4.57 Å². The van der Waals surface area contributed by atoms with Crippen LogP contribution < -0.4 is 4.87 Å². The van der Waals surface area contributed by atoms with Crippen molar-refractivity contribution in [1.29, 1.82) is 0 Å². The largest absolute Gasteiger partial charge is 0.378 e. The molecule has 2 aromatic rings. The Morgan fingerprint density at radius 1 is 1.09 bits per heavy atom. The fourth-order valence-corrected chi connectivity index (χ4v) is 9.85. The van der Waals surface area contributed by atoms with E-state index >= 15 is 0 Å². The van der Waals surface area contributed by atoms with Gasteiger partial charge in [0.05, 0.1) is 18.2 Å². The molecule has 0 radical (unpaired) electrons. The molecule has 6 rings (SSSR count). The summed E-state index contributed by atoms with van der Waals surface area (Å²) < 4.78 is 7.20. The normalized spacial score (nSPS) is 30.3. The first-order valence-corrected chi connectivity index (χ1v) is 14.4. The number of amides is 1. The highest BCUT2D eigenvalue weighted by Gasteiger charge is 2.55. The average Bonchev–Trinajstić information content (AvgIpc) is 3.52. The Balaban J connectivity index is 1.39. The molecule has 2 bridgehead atoms. The van der Waals surface area contributed by atoms with Crippen LogP contribution >= 0.6 is 23.1 Å². The van der Waals surface area contributed by atoms with Crippen LogP contribution in [0, 0.1) is 17.8 Å². The summed E-state index contributed by atoms with van der Waals surface area (Å²) in [5.41, 5.74) is 2.80. The lowest BCUT2D eigenvalue weighted by Crippen LogP contribution is -2.43. The van der Waals surface area contributed by atoms with E-state index in [9.17, 15) is 9.59 Å². The van der Waals surface area contributed by atoms with Crippen LogP contribution in [0.5, 0.6) is 0 Å². The lowest BCUT2D eigenvalue weighted by atomic mass is 9.74. The number of benzene rings is 1. The van der Waals surface area contributed by atoms with Crippen LogP contribution in [0.4, 0.5) is 0 Å². The number of aromatic nitrogens is 1. The van der Waals surface area contributed by atoms with Gasteiger partial charge in [-0.1, -0.05) is 56.4 Å². The van der Waals surface area contributed by atoms with E-state index in [0.29, 0.717) is 37.5 Å². The van der Waals surface area contributed by atoms with E-state index in [-0.39, 0.29) is 28.7 Å². The Morgan fingerprint density at radius 3 is 2.50 bits per heavy atom. The number of carbonyl (C=O) groups is 1. The van der Waals surface area contributed by atoms with Gasteiger partial charge in [0.1, 0.15) is 6.54 Å². The number of fused-ring (bicyclic) bond motifs is 6. The molecule has 34 heavy (non-hydrogen) atoms. The number of hydrogen-bond acceptors (Lipinski definition) is 5. The molecule has 1 saturated heterocycles. The molecule has 182 valence electrons. The highest BCUT2D eigenvalue weighted by Crippen LogP contribution is 2.64. The molecule has 3 fully saturated rings. The molecular formula is C27H34N2O3S2. The first kappa shape index (κ1) is 22.9. The van der Waals surface area contributed by atoms with E-state index in [1.807, 2.05) is 16.7 Å². The van der Waals surface area contributed by atoms with Gasteiger partial charge in [-0.25, -0.2) is 0 Å². The van der Waals surface area contributed by atoms with E-state index in [1.165, 1.54) is 46.6 Å². The summed E-state index contributed by atoms with van der Waals surface area (Å²) in [4.78, 5) is 29.4. The maximum absolute atomic E-state index is 13.3. The van der Waals surface area contributed by atoms with E-state index in [4.69, 9.17) is 4.74 Å². The van der Waals surface area contributed by atoms with Crippen molar-refractivity contribution in [2.75, 3.05) is 26.3 Å². The van der Waals surface area contributed by atoms with E-state index in [2.05, 4.69) is 45.0 Å². The number of carbonyl (C=O) groups excluding carboxylic acids is 1. The summed E-state index contributed by atoms with van der Waals surface area (Å²) in [5, 5.41) is 1.62. The van der Waals surface area contributed by atoms with Crippen LogP contribution in [0.3, 0.4) is 0 Å². The average molecular weight is 499 g/mol.